The Labute approximate surface area is 182 Å². The number of hydrogen-bond acceptors (Lipinski definition) is 5. The van der Waals surface area contributed by atoms with Gasteiger partial charge in [-0.3, -0.25) is 14.7 Å². The number of carbonyl (C=O) groups excluding carboxylic acids is 2. The molecule has 0 bridgehead atoms. The van der Waals surface area contributed by atoms with Gasteiger partial charge in [0.15, 0.2) is 6.61 Å². The van der Waals surface area contributed by atoms with Gasteiger partial charge in [0.2, 0.25) is 0 Å². The van der Waals surface area contributed by atoms with E-state index in [9.17, 15) is 9.59 Å². The van der Waals surface area contributed by atoms with Gasteiger partial charge in [-0.05, 0) is 43.7 Å². The normalized spacial score (nSPS) is 13.6. The predicted molar refractivity (Wildman–Crippen MR) is 121 cm³/mol. The van der Waals surface area contributed by atoms with Gasteiger partial charge in [0.05, 0.1) is 11.1 Å². The topological polar surface area (TPSA) is 71.5 Å². The van der Waals surface area contributed by atoms with Crippen LogP contribution in [-0.4, -0.2) is 41.5 Å². The molecule has 2 aromatic carbocycles. The Bertz CT molecular complexity index is 1130. The van der Waals surface area contributed by atoms with Crippen LogP contribution in [0.1, 0.15) is 40.5 Å². The molecule has 1 amide bonds. The Morgan fingerprint density at radius 1 is 1.16 bits per heavy atom. The highest BCUT2D eigenvalue weighted by molar-refractivity contribution is 6.06. The van der Waals surface area contributed by atoms with Crippen LogP contribution < -0.4 is 5.32 Å². The third-order valence-electron chi connectivity index (χ3n) is 5.51. The van der Waals surface area contributed by atoms with Crippen molar-refractivity contribution in [1.29, 1.82) is 0 Å². The van der Waals surface area contributed by atoms with Crippen LogP contribution in [0.4, 0.5) is 5.69 Å². The van der Waals surface area contributed by atoms with Gasteiger partial charge in [-0.1, -0.05) is 37.3 Å². The molecular formula is C25H27N3O3. The fraction of sp³-hybridized carbons (Fsp3) is 0.320. The van der Waals surface area contributed by atoms with Crippen molar-refractivity contribution < 1.29 is 14.3 Å². The zero-order valence-corrected chi connectivity index (χ0v) is 18.0. The smallest absolute Gasteiger partial charge is 0.339 e. The monoisotopic (exact) mass is 417 g/mol. The van der Waals surface area contributed by atoms with Crippen LogP contribution in [0.5, 0.6) is 0 Å². The number of fused-ring (bicyclic) bond motifs is 2. The Morgan fingerprint density at radius 3 is 2.81 bits per heavy atom. The maximum absolute atomic E-state index is 13.2. The highest BCUT2D eigenvalue weighted by Crippen LogP contribution is 2.29. The minimum Gasteiger partial charge on any atom is -0.452 e. The third-order valence-corrected chi connectivity index (χ3v) is 5.51. The number of para-hydroxylation sites is 1. The summed E-state index contributed by atoms with van der Waals surface area (Å²) in [6.45, 7) is 6.34. The van der Waals surface area contributed by atoms with Crippen molar-refractivity contribution >= 4 is 28.5 Å². The number of rotatable bonds is 6. The minimum atomic E-state index is -0.479. The quantitative estimate of drug-likeness (QED) is 0.611. The number of aromatic nitrogens is 1. The number of nitrogens with zero attached hydrogens (tertiary/aromatic N) is 2. The van der Waals surface area contributed by atoms with E-state index in [2.05, 4.69) is 17.1 Å². The van der Waals surface area contributed by atoms with Crippen LogP contribution in [0.15, 0.2) is 48.5 Å². The number of esters is 1. The van der Waals surface area contributed by atoms with Gasteiger partial charge in [-0.15, -0.1) is 0 Å². The number of amides is 1. The van der Waals surface area contributed by atoms with Gasteiger partial charge < -0.3 is 10.1 Å². The predicted octanol–water partition coefficient (Wildman–Crippen LogP) is 4.11. The van der Waals surface area contributed by atoms with E-state index < -0.39 is 5.97 Å². The number of benzene rings is 2. The molecule has 1 aliphatic heterocycles. The fourth-order valence-corrected chi connectivity index (χ4v) is 4.11. The fourth-order valence-electron chi connectivity index (χ4n) is 4.11. The van der Waals surface area contributed by atoms with Gasteiger partial charge in [-0.25, -0.2) is 4.79 Å². The lowest BCUT2D eigenvalue weighted by Gasteiger charge is -2.29. The molecule has 1 N–H and O–H groups in total. The molecule has 0 atom stereocenters. The minimum absolute atomic E-state index is 0.336. The van der Waals surface area contributed by atoms with Crippen molar-refractivity contribution in [3.05, 3.63) is 70.9 Å². The van der Waals surface area contributed by atoms with Crippen LogP contribution in [0.2, 0.25) is 0 Å². The van der Waals surface area contributed by atoms with Crippen LogP contribution in [0, 0.1) is 6.92 Å². The molecule has 1 aliphatic rings. The molecule has 0 fully saturated rings. The van der Waals surface area contributed by atoms with E-state index >= 15 is 0 Å². The molecular weight excluding hydrogens is 390 g/mol. The van der Waals surface area contributed by atoms with Gasteiger partial charge >= 0.3 is 5.97 Å². The largest absolute Gasteiger partial charge is 0.452 e. The molecule has 2 heterocycles. The number of nitrogens with one attached hydrogen (secondary N) is 1. The van der Waals surface area contributed by atoms with Crippen LogP contribution in [0.25, 0.3) is 10.9 Å². The van der Waals surface area contributed by atoms with E-state index in [4.69, 9.17) is 9.72 Å². The Kier molecular flexibility index (Phi) is 6.28. The number of aryl methyl sites for hydroxylation is 1. The second kappa shape index (κ2) is 9.27. The Balaban J connectivity index is 1.57. The van der Waals surface area contributed by atoms with E-state index in [1.165, 1.54) is 0 Å². The molecule has 6 nitrogen and oxygen atoms in total. The van der Waals surface area contributed by atoms with E-state index in [0.29, 0.717) is 17.8 Å². The van der Waals surface area contributed by atoms with Crippen LogP contribution in [-0.2, 0) is 22.5 Å². The van der Waals surface area contributed by atoms with Crippen molar-refractivity contribution in [3.8, 4) is 0 Å². The molecule has 0 aliphatic carbocycles. The van der Waals surface area contributed by atoms with E-state index in [1.807, 2.05) is 55.5 Å². The molecule has 31 heavy (non-hydrogen) atoms. The zero-order valence-electron chi connectivity index (χ0n) is 18.0. The first-order valence-corrected chi connectivity index (χ1v) is 10.7. The van der Waals surface area contributed by atoms with Crippen molar-refractivity contribution in [1.82, 2.24) is 9.88 Å². The molecule has 0 saturated heterocycles. The number of ether oxygens (including phenoxy) is 1. The summed E-state index contributed by atoms with van der Waals surface area (Å²) < 4.78 is 5.46. The van der Waals surface area contributed by atoms with Crippen molar-refractivity contribution in [3.63, 3.8) is 0 Å². The summed E-state index contributed by atoms with van der Waals surface area (Å²) in [7, 11) is 0. The molecule has 0 radical (unpaired) electrons. The number of carbonyl (C=O) groups is 2. The molecule has 0 spiro atoms. The summed E-state index contributed by atoms with van der Waals surface area (Å²) in [4.78, 5) is 32.6. The van der Waals surface area contributed by atoms with Crippen molar-refractivity contribution in [2.45, 2.75) is 33.2 Å². The highest BCUT2D eigenvalue weighted by atomic mass is 16.5. The molecule has 6 heteroatoms. The maximum Gasteiger partial charge on any atom is 0.339 e. The summed E-state index contributed by atoms with van der Waals surface area (Å²) in [5.41, 5.74) is 4.90. The lowest BCUT2D eigenvalue weighted by atomic mass is 9.95. The summed E-state index contributed by atoms with van der Waals surface area (Å²) >= 11 is 0. The summed E-state index contributed by atoms with van der Waals surface area (Å²) in [6.07, 6.45) is 1.85. The van der Waals surface area contributed by atoms with Gasteiger partial charge in [0.25, 0.3) is 5.91 Å². The summed E-state index contributed by atoms with van der Waals surface area (Å²) in [6, 6.07) is 15.1. The zero-order chi connectivity index (χ0) is 21.8. The molecule has 4 rings (SSSR count). The average molecular weight is 418 g/mol. The Morgan fingerprint density at radius 2 is 2.00 bits per heavy atom. The molecule has 1 aromatic heterocycles. The van der Waals surface area contributed by atoms with Crippen molar-refractivity contribution in [2.24, 2.45) is 0 Å². The Hall–Kier alpha value is -3.25. The van der Waals surface area contributed by atoms with Gasteiger partial charge in [-0.2, -0.15) is 0 Å². The number of anilines is 1. The second-order valence-corrected chi connectivity index (χ2v) is 7.95. The van der Waals surface area contributed by atoms with Crippen molar-refractivity contribution in [2.75, 3.05) is 25.0 Å². The molecule has 160 valence electrons. The van der Waals surface area contributed by atoms with Gasteiger partial charge in [0.1, 0.15) is 0 Å². The first kappa shape index (κ1) is 21.0. The van der Waals surface area contributed by atoms with E-state index in [1.54, 1.807) is 0 Å². The lowest BCUT2D eigenvalue weighted by Crippen LogP contribution is -2.33. The number of hydrogen-bond donors (Lipinski definition) is 1. The maximum atomic E-state index is 13.2. The highest BCUT2D eigenvalue weighted by Gasteiger charge is 2.26. The number of pyridine rings is 1. The summed E-state index contributed by atoms with van der Waals surface area (Å²) in [5, 5.41) is 3.54. The standard InChI is InChI=1S/C25H27N3O3/c1-3-12-28-13-11-22-20(15-28)24(19-9-4-5-10-21(19)27-22)25(30)31-16-23(29)26-18-8-6-7-17(2)14-18/h4-10,14H,3,11-13,15-16H2,1-2H3,(H,26,29). The third kappa shape index (κ3) is 4.75. The SMILES string of the molecule is CCCN1CCc2nc3ccccc3c(C(=O)OCC(=O)Nc3cccc(C)c3)c2C1. The average Bonchev–Trinajstić information content (AvgIpc) is 2.76. The lowest BCUT2D eigenvalue weighted by molar-refractivity contribution is -0.119. The van der Waals surface area contributed by atoms with Crippen LogP contribution in [0.3, 0.4) is 0 Å². The molecule has 3 aromatic rings. The molecule has 0 unspecified atom stereocenters. The van der Waals surface area contributed by atoms with Crippen LogP contribution >= 0.6 is 0 Å². The first-order valence-electron chi connectivity index (χ1n) is 10.7. The van der Waals surface area contributed by atoms with E-state index in [-0.39, 0.29) is 12.5 Å². The van der Waals surface area contributed by atoms with Gasteiger partial charge in [0, 0.05) is 41.8 Å². The second-order valence-electron chi connectivity index (χ2n) is 7.95. The first-order chi connectivity index (χ1) is 15.0. The summed E-state index contributed by atoms with van der Waals surface area (Å²) in [5.74, 6) is -0.841. The van der Waals surface area contributed by atoms with E-state index in [0.717, 1.165) is 53.7 Å². The molecule has 0 saturated carbocycles.